The number of hydrogen-bond acceptors (Lipinski definition) is 4. The number of rotatable bonds is 6. The summed E-state index contributed by atoms with van der Waals surface area (Å²) >= 11 is 0. The predicted molar refractivity (Wildman–Crippen MR) is 91.0 cm³/mol. The minimum atomic E-state index is -0.690. The van der Waals surface area contributed by atoms with E-state index in [1.165, 1.54) is 0 Å². The number of aryl methyl sites for hydroxylation is 2. The average molecular weight is 346 g/mol. The minimum absolute atomic E-state index is 0.252. The van der Waals surface area contributed by atoms with Gasteiger partial charge in [0, 0.05) is 12.1 Å². The first-order chi connectivity index (χ1) is 11.8. The van der Waals surface area contributed by atoms with Crippen LogP contribution >= 0.6 is 0 Å². The van der Waals surface area contributed by atoms with Gasteiger partial charge in [-0.2, -0.15) is 0 Å². The lowest BCUT2D eigenvalue weighted by atomic mass is 10.0. The number of nitro groups is 1. The lowest BCUT2D eigenvalue weighted by molar-refractivity contribution is -0.385. The number of nitrogens with zero attached hydrogens (tertiary/aromatic N) is 1. The zero-order chi connectivity index (χ0) is 18.6. The third-order valence-corrected chi connectivity index (χ3v) is 3.89. The van der Waals surface area contributed by atoms with E-state index in [4.69, 9.17) is 4.74 Å². The molecule has 1 amide bonds. The van der Waals surface area contributed by atoms with E-state index in [9.17, 15) is 19.3 Å². The van der Waals surface area contributed by atoms with Crippen molar-refractivity contribution in [3.63, 3.8) is 0 Å². The van der Waals surface area contributed by atoms with Gasteiger partial charge in [-0.25, -0.2) is 4.39 Å². The van der Waals surface area contributed by atoms with E-state index in [0.29, 0.717) is 0 Å². The fourth-order valence-corrected chi connectivity index (χ4v) is 2.30. The molecule has 2 aromatic rings. The van der Waals surface area contributed by atoms with Crippen molar-refractivity contribution in [2.24, 2.45) is 0 Å². The quantitative estimate of drug-likeness (QED) is 0.640. The Hall–Kier alpha value is -2.96. The first kappa shape index (κ1) is 18.4. The fourth-order valence-electron chi connectivity index (χ4n) is 2.30. The van der Waals surface area contributed by atoms with Crippen LogP contribution in [0.25, 0.3) is 0 Å². The minimum Gasteiger partial charge on any atom is -0.477 e. The lowest BCUT2D eigenvalue weighted by Crippen LogP contribution is -2.31. The van der Waals surface area contributed by atoms with Gasteiger partial charge < -0.3 is 10.1 Å². The van der Waals surface area contributed by atoms with Gasteiger partial charge in [-0.3, -0.25) is 14.9 Å². The zero-order valence-electron chi connectivity index (χ0n) is 14.2. The monoisotopic (exact) mass is 346 g/mol. The standard InChI is InChI=1S/C18H19FN2O4/c1-11-4-5-14(8-12(11)2)13(3)20-18(22)10-25-17-9-15(19)6-7-16(17)21(23)24/h4-9,13H,10H2,1-3H3,(H,20,22)/t13-/m1/s1. The van der Waals surface area contributed by atoms with Crippen LogP contribution < -0.4 is 10.1 Å². The van der Waals surface area contributed by atoms with Crippen LogP contribution in [0.15, 0.2) is 36.4 Å². The molecule has 2 aromatic carbocycles. The second kappa shape index (κ2) is 7.74. The van der Waals surface area contributed by atoms with E-state index in [2.05, 4.69) is 5.32 Å². The average Bonchev–Trinajstić information content (AvgIpc) is 2.55. The van der Waals surface area contributed by atoms with Crippen molar-refractivity contribution in [3.05, 3.63) is 69.0 Å². The van der Waals surface area contributed by atoms with Crippen molar-refractivity contribution in [1.29, 1.82) is 0 Å². The predicted octanol–water partition coefficient (Wildman–Crippen LogP) is 3.61. The van der Waals surface area contributed by atoms with Crippen molar-refractivity contribution in [2.75, 3.05) is 6.61 Å². The Balaban J connectivity index is 2.00. The molecule has 0 spiro atoms. The molecule has 7 heteroatoms. The Bertz CT molecular complexity index is 808. The maximum atomic E-state index is 13.2. The Morgan fingerprint density at radius 3 is 2.60 bits per heavy atom. The SMILES string of the molecule is Cc1ccc([C@@H](C)NC(=O)COc2cc(F)ccc2[N+](=O)[O-])cc1C. The van der Waals surface area contributed by atoms with Gasteiger partial charge in [0.05, 0.1) is 11.0 Å². The van der Waals surface area contributed by atoms with E-state index in [1.54, 1.807) is 0 Å². The third-order valence-electron chi connectivity index (χ3n) is 3.89. The van der Waals surface area contributed by atoms with Crippen molar-refractivity contribution in [3.8, 4) is 5.75 Å². The van der Waals surface area contributed by atoms with Crippen LogP contribution in [0.2, 0.25) is 0 Å². The number of ether oxygens (including phenoxy) is 1. The molecule has 0 aliphatic carbocycles. The molecule has 0 radical (unpaired) electrons. The molecule has 1 N–H and O–H groups in total. The number of hydrogen-bond donors (Lipinski definition) is 1. The molecule has 0 aliphatic heterocycles. The summed E-state index contributed by atoms with van der Waals surface area (Å²) in [6.45, 7) is 5.37. The molecule has 25 heavy (non-hydrogen) atoms. The fraction of sp³-hybridized carbons (Fsp3) is 0.278. The van der Waals surface area contributed by atoms with Crippen LogP contribution in [0, 0.1) is 29.8 Å². The molecular formula is C18H19FN2O4. The number of nitro benzene ring substituents is 1. The van der Waals surface area contributed by atoms with E-state index in [1.807, 2.05) is 39.0 Å². The largest absolute Gasteiger partial charge is 0.477 e. The van der Waals surface area contributed by atoms with Crippen molar-refractivity contribution in [1.82, 2.24) is 5.32 Å². The van der Waals surface area contributed by atoms with Crippen molar-refractivity contribution >= 4 is 11.6 Å². The summed E-state index contributed by atoms with van der Waals surface area (Å²) in [5.74, 6) is -1.41. The normalized spacial score (nSPS) is 11.7. The number of carbonyl (C=O) groups excluding carboxylic acids is 1. The van der Waals surface area contributed by atoms with Gasteiger partial charge in [0.25, 0.3) is 5.91 Å². The van der Waals surface area contributed by atoms with Crippen LogP contribution in [0.5, 0.6) is 5.75 Å². The maximum Gasteiger partial charge on any atom is 0.311 e. The molecule has 0 heterocycles. The Morgan fingerprint density at radius 1 is 1.24 bits per heavy atom. The Labute approximate surface area is 144 Å². The Kier molecular flexibility index (Phi) is 5.69. The molecule has 0 aliphatic rings. The van der Waals surface area contributed by atoms with E-state index >= 15 is 0 Å². The first-order valence-corrected chi connectivity index (χ1v) is 7.71. The number of amides is 1. The molecule has 132 valence electrons. The Morgan fingerprint density at radius 2 is 1.96 bits per heavy atom. The van der Waals surface area contributed by atoms with Crippen molar-refractivity contribution < 1.29 is 18.8 Å². The van der Waals surface area contributed by atoms with Gasteiger partial charge in [-0.15, -0.1) is 0 Å². The van der Waals surface area contributed by atoms with Crippen LogP contribution in [-0.4, -0.2) is 17.4 Å². The highest BCUT2D eigenvalue weighted by molar-refractivity contribution is 5.78. The lowest BCUT2D eigenvalue weighted by Gasteiger charge is -2.16. The van der Waals surface area contributed by atoms with E-state index in [-0.39, 0.29) is 11.8 Å². The summed E-state index contributed by atoms with van der Waals surface area (Å²) in [5.41, 5.74) is 2.82. The second-order valence-corrected chi connectivity index (χ2v) is 5.79. The van der Waals surface area contributed by atoms with E-state index < -0.39 is 28.9 Å². The van der Waals surface area contributed by atoms with Crippen LogP contribution in [-0.2, 0) is 4.79 Å². The topological polar surface area (TPSA) is 81.5 Å². The number of benzene rings is 2. The van der Waals surface area contributed by atoms with Gasteiger partial charge in [0.2, 0.25) is 5.75 Å². The van der Waals surface area contributed by atoms with Gasteiger partial charge in [0.15, 0.2) is 6.61 Å². The molecule has 6 nitrogen and oxygen atoms in total. The summed E-state index contributed by atoms with van der Waals surface area (Å²) in [7, 11) is 0. The maximum absolute atomic E-state index is 13.2. The van der Waals surface area contributed by atoms with Crippen LogP contribution in [0.4, 0.5) is 10.1 Å². The van der Waals surface area contributed by atoms with Crippen LogP contribution in [0.1, 0.15) is 29.7 Å². The van der Waals surface area contributed by atoms with Crippen LogP contribution in [0.3, 0.4) is 0 Å². The molecule has 0 fully saturated rings. The highest BCUT2D eigenvalue weighted by Crippen LogP contribution is 2.27. The molecule has 1 atom stereocenters. The number of carbonyl (C=O) groups is 1. The summed E-state index contributed by atoms with van der Waals surface area (Å²) in [5, 5.41) is 13.7. The molecule has 0 saturated heterocycles. The first-order valence-electron chi connectivity index (χ1n) is 7.71. The summed E-state index contributed by atoms with van der Waals surface area (Å²) in [4.78, 5) is 22.2. The smallest absolute Gasteiger partial charge is 0.311 e. The molecule has 2 rings (SSSR count). The van der Waals surface area contributed by atoms with Gasteiger partial charge >= 0.3 is 5.69 Å². The molecular weight excluding hydrogens is 327 g/mol. The highest BCUT2D eigenvalue weighted by Gasteiger charge is 2.18. The second-order valence-electron chi connectivity index (χ2n) is 5.79. The third kappa shape index (κ3) is 4.76. The summed E-state index contributed by atoms with van der Waals surface area (Å²) in [6.07, 6.45) is 0. The molecule has 0 saturated carbocycles. The molecule has 0 unspecified atom stereocenters. The zero-order valence-corrected chi connectivity index (χ0v) is 14.2. The van der Waals surface area contributed by atoms with Crippen molar-refractivity contribution in [2.45, 2.75) is 26.8 Å². The highest BCUT2D eigenvalue weighted by atomic mass is 19.1. The summed E-state index contributed by atoms with van der Waals surface area (Å²) in [6, 6.07) is 8.48. The molecule has 0 aromatic heterocycles. The van der Waals surface area contributed by atoms with Gasteiger partial charge in [-0.1, -0.05) is 18.2 Å². The van der Waals surface area contributed by atoms with E-state index in [0.717, 1.165) is 34.9 Å². The summed E-state index contributed by atoms with van der Waals surface area (Å²) < 4.78 is 18.4. The van der Waals surface area contributed by atoms with Gasteiger partial charge in [0.1, 0.15) is 5.82 Å². The number of halogens is 1. The molecule has 0 bridgehead atoms. The number of nitrogens with one attached hydrogen (secondary N) is 1. The van der Waals surface area contributed by atoms with Gasteiger partial charge in [-0.05, 0) is 43.5 Å².